The Kier molecular flexibility index (Phi) is 3.98. The van der Waals surface area contributed by atoms with Gasteiger partial charge in [0.05, 0.1) is 11.3 Å². The van der Waals surface area contributed by atoms with Gasteiger partial charge in [-0.05, 0) is 42.7 Å². The van der Waals surface area contributed by atoms with Crippen molar-refractivity contribution in [3.8, 4) is 5.69 Å². The topological polar surface area (TPSA) is 66.9 Å². The highest BCUT2D eigenvalue weighted by Crippen LogP contribution is 2.43. The van der Waals surface area contributed by atoms with Gasteiger partial charge in [-0.25, -0.2) is 4.68 Å². The van der Waals surface area contributed by atoms with E-state index in [1.54, 1.807) is 6.07 Å². The van der Waals surface area contributed by atoms with Crippen LogP contribution in [0, 0.1) is 0 Å². The van der Waals surface area contributed by atoms with E-state index in [0.717, 1.165) is 29.8 Å². The lowest BCUT2D eigenvalue weighted by atomic mass is 9.77. The van der Waals surface area contributed by atoms with Crippen molar-refractivity contribution in [2.24, 2.45) is 0 Å². The van der Waals surface area contributed by atoms with Crippen LogP contribution in [0.25, 0.3) is 5.69 Å². The molecule has 0 saturated heterocycles. The Hall–Kier alpha value is -3.05. The summed E-state index contributed by atoms with van der Waals surface area (Å²) in [7, 11) is 0. The quantitative estimate of drug-likeness (QED) is 0.681. The molecule has 2 aliphatic rings. The zero-order valence-corrected chi connectivity index (χ0v) is 15.8. The minimum Gasteiger partial charge on any atom is -0.343 e. The van der Waals surface area contributed by atoms with Crippen LogP contribution in [-0.4, -0.2) is 15.6 Å². The molecule has 1 atom stereocenters. The van der Waals surface area contributed by atoms with Crippen LogP contribution in [0.5, 0.6) is 0 Å². The molecular weight excluding hydrogens is 374 g/mol. The van der Waals surface area contributed by atoms with Gasteiger partial charge in [0.25, 0.3) is 5.56 Å². The summed E-state index contributed by atoms with van der Waals surface area (Å²) in [5, 5.41) is 7.10. The molecule has 6 heteroatoms. The van der Waals surface area contributed by atoms with Crippen LogP contribution < -0.4 is 10.9 Å². The van der Waals surface area contributed by atoms with Crippen LogP contribution in [0.4, 0.5) is 5.82 Å². The first kappa shape index (κ1) is 17.1. The number of Topliss-reactive ketones (excluding diaryl/α,β-unsaturated/α-hetero) is 1. The minimum atomic E-state index is -0.425. The number of para-hydroxylation sites is 1. The van der Waals surface area contributed by atoms with Gasteiger partial charge in [-0.1, -0.05) is 41.9 Å². The lowest BCUT2D eigenvalue weighted by Crippen LogP contribution is -2.29. The van der Waals surface area contributed by atoms with Crippen LogP contribution >= 0.6 is 11.6 Å². The van der Waals surface area contributed by atoms with Crippen LogP contribution in [0.2, 0.25) is 5.02 Å². The summed E-state index contributed by atoms with van der Waals surface area (Å²) in [5.41, 5.74) is 3.59. The molecule has 0 bridgehead atoms. The first-order valence-electron chi connectivity index (χ1n) is 9.32. The van der Waals surface area contributed by atoms with E-state index in [4.69, 9.17) is 11.6 Å². The van der Waals surface area contributed by atoms with Crippen molar-refractivity contribution in [1.29, 1.82) is 0 Å². The van der Waals surface area contributed by atoms with E-state index in [-0.39, 0.29) is 11.3 Å². The number of nitrogens with zero attached hydrogens (tertiary/aromatic N) is 1. The Morgan fingerprint density at radius 1 is 1.00 bits per heavy atom. The second-order valence-corrected chi connectivity index (χ2v) is 7.60. The Labute approximate surface area is 166 Å². The van der Waals surface area contributed by atoms with Crippen LogP contribution in [0.1, 0.15) is 36.3 Å². The van der Waals surface area contributed by atoms with Crippen molar-refractivity contribution in [3.05, 3.63) is 92.4 Å². The van der Waals surface area contributed by atoms with Crippen molar-refractivity contribution in [2.75, 3.05) is 5.32 Å². The highest BCUT2D eigenvalue weighted by Gasteiger charge is 2.38. The fourth-order valence-electron chi connectivity index (χ4n) is 4.22. The van der Waals surface area contributed by atoms with E-state index in [9.17, 15) is 9.59 Å². The standard InChI is InChI=1S/C22H18ClN3O2/c23-14-7-4-6-13(12-14)18-19-16(10-5-11-17(19)27)24-21-20(18)22(28)26(25-21)15-8-2-1-3-9-15/h1-4,6-9,12,18,24-25H,5,10-11H2/t18-/m1/s1. The summed E-state index contributed by atoms with van der Waals surface area (Å²) < 4.78 is 1.53. The second kappa shape index (κ2) is 6.53. The number of hydrogen-bond acceptors (Lipinski definition) is 3. The molecule has 1 aliphatic carbocycles. The highest BCUT2D eigenvalue weighted by molar-refractivity contribution is 6.30. The number of ketones is 1. The normalized spacial score (nSPS) is 18.5. The maximum Gasteiger partial charge on any atom is 0.277 e. The fraction of sp³-hybridized carbons (Fsp3) is 0.182. The number of nitrogens with one attached hydrogen (secondary N) is 2. The second-order valence-electron chi connectivity index (χ2n) is 7.16. The third-order valence-corrected chi connectivity index (χ3v) is 5.67. The first-order chi connectivity index (χ1) is 13.6. The molecule has 5 rings (SSSR count). The van der Waals surface area contributed by atoms with Crippen LogP contribution in [0.3, 0.4) is 0 Å². The predicted octanol–water partition coefficient (Wildman–Crippen LogP) is 4.38. The third-order valence-electron chi connectivity index (χ3n) is 5.43. The lowest BCUT2D eigenvalue weighted by molar-refractivity contribution is -0.116. The Bertz CT molecular complexity index is 1170. The Morgan fingerprint density at radius 2 is 1.82 bits per heavy atom. The van der Waals surface area contributed by atoms with Gasteiger partial charge in [0.2, 0.25) is 0 Å². The van der Waals surface area contributed by atoms with Crippen LogP contribution in [-0.2, 0) is 4.79 Å². The third kappa shape index (κ3) is 2.62. The van der Waals surface area contributed by atoms with Crippen molar-refractivity contribution in [1.82, 2.24) is 9.78 Å². The number of fused-ring (bicyclic) bond motifs is 1. The molecule has 140 valence electrons. The maximum absolute atomic E-state index is 13.4. The number of aromatic amines is 1. The summed E-state index contributed by atoms with van der Waals surface area (Å²) in [5.74, 6) is 0.315. The number of hydrogen-bond donors (Lipinski definition) is 2. The lowest BCUT2D eigenvalue weighted by Gasteiger charge is -2.31. The van der Waals surface area contributed by atoms with Gasteiger partial charge in [-0.2, -0.15) is 0 Å². The van der Waals surface area contributed by atoms with E-state index >= 15 is 0 Å². The van der Waals surface area contributed by atoms with E-state index < -0.39 is 5.92 Å². The Balaban J connectivity index is 1.76. The fourth-order valence-corrected chi connectivity index (χ4v) is 4.41. The monoisotopic (exact) mass is 391 g/mol. The zero-order valence-electron chi connectivity index (χ0n) is 15.0. The van der Waals surface area contributed by atoms with Crippen molar-refractivity contribution in [3.63, 3.8) is 0 Å². The smallest absolute Gasteiger partial charge is 0.277 e. The largest absolute Gasteiger partial charge is 0.343 e. The first-order valence-corrected chi connectivity index (χ1v) is 9.70. The van der Waals surface area contributed by atoms with Crippen molar-refractivity contribution >= 4 is 23.2 Å². The van der Waals surface area contributed by atoms with Gasteiger partial charge < -0.3 is 5.32 Å². The number of rotatable bonds is 2. The number of halogens is 1. The molecule has 0 saturated carbocycles. The molecule has 0 radical (unpaired) electrons. The number of aromatic nitrogens is 2. The zero-order chi connectivity index (χ0) is 19.3. The SMILES string of the molecule is O=C1CCCC2=C1[C@@H](c1cccc(Cl)c1)c1c([nH]n(-c3ccccc3)c1=O)N2. The van der Waals surface area contributed by atoms with Crippen molar-refractivity contribution < 1.29 is 4.79 Å². The molecule has 2 N–H and O–H groups in total. The van der Waals surface area contributed by atoms with E-state index in [0.29, 0.717) is 28.4 Å². The molecule has 0 unspecified atom stereocenters. The molecule has 0 amide bonds. The summed E-state index contributed by atoms with van der Waals surface area (Å²) in [4.78, 5) is 26.2. The molecule has 1 aliphatic heterocycles. The van der Waals surface area contributed by atoms with Crippen LogP contribution in [0.15, 0.2) is 70.7 Å². The average molecular weight is 392 g/mol. The number of anilines is 1. The number of carbonyl (C=O) groups is 1. The molecular formula is C22H18ClN3O2. The maximum atomic E-state index is 13.4. The van der Waals surface area contributed by atoms with E-state index in [1.807, 2.05) is 48.5 Å². The summed E-state index contributed by atoms with van der Waals surface area (Å²) in [6.45, 7) is 0. The summed E-state index contributed by atoms with van der Waals surface area (Å²) >= 11 is 6.24. The molecule has 2 heterocycles. The van der Waals surface area contributed by atoms with Gasteiger partial charge in [0, 0.05) is 28.6 Å². The molecule has 28 heavy (non-hydrogen) atoms. The molecule has 1 aromatic heterocycles. The summed E-state index contributed by atoms with van der Waals surface area (Å²) in [6, 6.07) is 16.8. The molecule has 0 spiro atoms. The van der Waals surface area contributed by atoms with Gasteiger partial charge in [-0.3, -0.25) is 14.7 Å². The molecule has 5 nitrogen and oxygen atoms in total. The number of benzene rings is 2. The molecule has 2 aromatic carbocycles. The summed E-state index contributed by atoms with van der Waals surface area (Å²) in [6.07, 6.45) is 2.10. The minimum absolute atomic E-state index is 0.0937. The van der Waals surface area contributed by atoms with Gasteiger partial charge in [-0.15, -0.1) is 0 Å². The van der Waals surface area contributed by atoms with Gasteiger partial charge >= 0.3 is 0 Å². The highest BCUT2D eigenvalue weighted by atomic mass is 35.5. The molecule has 3 aromatic rings. The van der Waals surface area contributed by atoms with Crippen molar-refractivity contribution in [2.45, 2.75) is 25.2 Å². The average Bonchev–Trinajstić information content (AvgIpc) is 3.03. The number of H-pyrrole nitrogens is 1. The molecule has 0 fully saturated rings. The predicted molar refractivity (Wildman–Crippen MR) is 109 cm³/mol. The van der Waals surface area contributed by atoms with E-state index in [1.165, 1.54) is 4.68 Å². The van der Waals surface area contributed by atoms with E-state index in [2.05, 4.69) is 10.4 Å². The number of allylic oxidation sites excluding steroid dienone is 2. The Morgan fingerprint density at radius 3 is 2.61 bits per heavy atom. The van der Waals surface area contributed by atoms with Gasteiger partial charge in [0.15, 0.2) is 5.78 Å². The number of carbonyl (C=O) groups excluding carboxylic acids is 1. The van der Waals surface area contributed by atoms with Gasteiger partial charge in [0.1, 0.15) is 5.82 Å².